The van der Waals surface area contributed by atoms with Gasteiger partial charge in [-0.05, 0) is 49.4 Å². The van der Waals surface area contributed by atoms with E-state index in [1.54, 1.807) is 0 Å². The molecule has 23 heavy (non-hydrogen) atoms. The summed E-state index contributed by atoms with van der Waals surface area (Å²) >= 11 is 0. The van der Waals surface area contributed by atoms with Crippen LogP contribution in [0.15, 0.2) is 24.3 Å². The normalized spacial score (nSPS) is 49.6. The Hall–Kier alpha value is -1.09. The van der Waals surface area contributed by atoms with Crippen molar-refractivity contribution in [2.24, 2.45) is 28.1 Å². The Morgan fingerprint density at radius 3 is 2.70 bits per heavy atom. The topological polar surface area (TPSA) is 60.4 Å². The third-order valence-corrected chi connectivity index (χ3v) is 7.52. The molecule has 0 radical (unpaired) electrons. The third kappa shape index (κ3) is 2.23. The van der Waals surface area contributed by atoms with Gasteiger partial charge in [-0.1, -0.05) is 44.9 Å². The molecule has 0 aliphatic heterocycles. The molecule has 3 aliphatic rings. The van der Waals surface area contributed by atoms with Gasteiger partial charge in [-0.25, -0.2) is 0 Å². The number of rotatable bonds is 2. The SMILES string of the molecule is C=C[C@]1(C)C=C2CC[C@H]3[C@](C)(CCC[C@]3(C)C(=O)[O-])[C@H]2C[C@H]1O. The fourth-order valence-corrected chi connectivity index (χ4v) is 5.89. The zero-order chi connectivity index (χ0) is 17.0. The second-order valence-corrected chi connectivity index (χ2v) is 8.75. The molecular weight excluding hydrogens is 288 g/mol. The van der Waals surface area contributed by atoms with E-state index in [0.717, 1.165) is 25.7 Å². The zero-order valence-corrected chi connectivity index (χ0v) is 14.6. The predicted octanol–water partition coefficient (Wildman–Crippen LogP) is 2.84. The highest BCUT2D eigenvalue weighted by atomic mass is 16.4. The molecule has 0 unspecified atom stereocenters. The Morgan fingerprint density at radius 1 is 1.39 bits per heavy atom. The summed E-state index contributed by atoms with van der Waals surface area (Å²) in [6.07, 6.45) is 8.86. The minimum absolute atomic E-state index is 0.0549. The van der Waals surface area contributed by atoms with Crippen molar-refractivity contribution in [1.82, 2.24) is 0 Å². The van der Waals surface area contributed by atoms with Crippen molar-refractivity contribution in [3.05, 3.63) is 24.3 Å². The van der Waals surface area contributed by atoms with Crippen LogP contribution in [0.4, 0.5) is 0 Å². The molecule has 0 spiro atoms. The summed E-state index contributed by atoms with van der Waals surface area (Å²) in [4.78, 5) is 11.9. The van der Waals surface area contributed by atoms with E-state index in [0.29, 0.717) is 12.8 Å². The summed E-state index contributed by atoms with van der Waals surface area (Å²) in [6, 6.07) is 0. The summed E-state index contributed by atoms with van der Waals surface area (Å²) in [6.45, 7) is 10.1. The van der Waals surface area contributed by atoms with E-state index in [-0.39, 0.29) is 22.7 Å². The number of hydrogen-bond donors (Lipinski definition) is 1. The van der Waals surface area contributed by atoms with Crippen LogP contribution in [0.1, 0.15) is 59.3 Å². The molecular formula is C20H29O3-. The van der Waals surface area contributed by atoms with Crippen molar-refractivity contribution in [2.45, 2.75) is 65.4 Å². The molecule has 6 atom stereocenters. The first-order chi connectivity index (χ1) is 10.7. The maximum Gasteiger partial charge on any atom is 0.0668 e. The Bertz CT molecular complexity index is 565. The average Bonchev–Trinajstić information content (AvgIpc) is 2.49. The number of hydrogen-bond acceptors (Lipinski definition) is 3. The minimum atomic E-state index is -0.895. The highest BCUT2D eigenvalue weighted by molar-refractivity contribution is 5.73. The molecule has 0 bridgehead atoms. The lowest BCUT2D eigenvalue weighted by molar-refractivity contribution is -0.326. The van der Waals surface area contributed by atoms with E-state index in [1.165, 1.54) is 5.57 Å². The molecule has 0 heterocycles. The lowest BCUT2D eigenvalue weighted by Crippen LogP contribution is -2.58. The molecule has 3 rings (SSSR count). The first-order valence-electron chi connectivity index (χ1n) is 8.92. The maximum atomic E-state index is 11.9. The molecule has 3 heteroatoms. The van der Waals surface area contributed by atoms with Crippen LogP contribution in [-0.2, 0) is 4.79 Å². The highest BCUT2D eigenvalue weighted by Gasteiger charge is 2.57. The molecule has 128 valence electrons. The van der Waals surface area contributed by atoms with Gasteiger partial charge in [0, 0.05) is 16.8 Å². The first-order valence-corrected chi connectivity index (χ1v) is 8.92. The van der Waals surface area contributed by atoms with Gasteiger partial charge >= 0.3 is 0 Å². The molecule has 0 amide bonds. The van der Waals surface area contributed by atoms with E-state index >= 15 is 0 Å². The largest absolute Gasteiger partial charge is 0.550 e. The van der Waals surface area contributed by atoms with E-state index in [9.17, 15) is 15.0 Å². The lowest BCUT2D eigenvalue weighted by Gasteiger charge is -2.61. The number of fused-ring (bicyclic) bond motifs is 3. The van der Waals surface area contributed by atoms with E-state index in [1.807, 2.05) is 19.9 Å². The van der Waals surface area contributed by atoms with Gasteiger partial charge in [-0.2, -0.15) is 0 Å². The van der Waals surface area contributed by atoms with Crippen LogP contribution < -0.4 is 5.11 Å². The van der Waals surface area contributed by atoms with Crippen LogP contribution in [0.2, 0.25) is 0 Å². The van der Waals surface area contributed by atoms with Crippen molar-refractivity contribution < 1.29 is 15.0 Å². The van der Waals surface area contributed by atoms with Gasteiger partial charge in [0.25, 0.3) is 0 Å². The molecule has 1 N–H and O–H groups in total. The molecule has 0 aromatic heterocycles. The van der Waals surface area contributed by atoms with Gasteiger partial charge in [0.1, 0.15) is 0 Å². The summed E-state index contributed by atoms with van der Waals surface area (Å²) < 4.78 is 0. The smallest absolute Gasteiger partial charge is 0.0668 e. The second kappa shape index (κ2) is 5.20. The molecule has 3 nitrogen and oxygen atoms in total. The summed E-state index contributed by atoms with van der Waals surface area (Å²) in [7, 11) is 0. The number of carbonyl (C=O) groups excluding carboxylic acids is 1. The average molecular weight is 317 g/mol. The monoisotopic (exact) mass is 317 g/mol. The number of aliphatic carboxylic acids is 1. The first kappa shape index (κ1) is 16.8. The number of allylic oxidation sites excluding steroid dienone is 1. The predicted molar refractivity (Wildman–Crippen MR) is 88.3 cm³/mol. The van der Waals surface area contributed by atoms with Crippen LogP contribution in [0.3, 0.4) is 0 Å². The summed E-state index contributed by atoms with van der Waals surface area (Å²) in [5.41, 5.74) is 0.254. The molecule has 3 aliphatic carbocycles. The molecule has 0 aromatic carbocycles. The van der Waals surface area contributed by atoms with Crippen LogP contribution in [0, 0.1) is 28.1 Å². The van der Waals surface area contributed by atoms with Crippen molar-refractivity contribution in [1.29, 1.82) is 0 Å². The number of carboxylic acid groups (broad SMARTS) is 1. The second-order valence-electron chi connectivity index (χ2n) is 8.75. The van der Waals surface area contributed by atoms with Crippen molar-refractivity contribution >= 4 is 5.97 Å². The van der Waals surface area contributed by atoms with Gasteiger partial charge in [-0.15, -0.1) is 6.58 Å². The Morgan fingerprint density at radius 2 is 2.09 bits per heavy atom. The Balaban J connectivity index is 2.02. The van der Waals surface area contributed by atoms with Crippen LogP contribution in [-0.4, -0.2) is 17.2 Å². The van der Waals surface area contributed by atoms with Crippen molar-refractivity contribution in [3.8, 4) is 0 Å². The number of aliphatic hydroxyl groups excluding tert-OH is 1. The van der Waals surface area contributed by atoms with Crippen LogP contribution in [0.5, 0.6) is 0 Å². The third-order valence-electron chi connectivity index (χ3n) is 7.52. The van der Waals surface area contributed by atoms with Gasteiger partial charge in [0.15, 0.2) is 0 Å². The van der Waals surface area contributed by atoms with Gasteiger partial charge < -0.3 is 15.0 Å². The quantitative estimate of drug-likeness (QED) is 0.797. The molecule has 0 saturated heterocycles. The van der Waals surface area contributed by atoms with Gasteiger partial charge in [-0.3, -0.25) is 0 Å². The van der Waals surface area contributed by atoms with Crippen LogP contribution in [0.25, 0.3) is 0 Å². The van der Waals surface area contributed by atoms with Crippen LogP contribution >= 0.6 is 0 Å². The zero-order valence-electron chi connectivity index (χ0n) is 14.6. The van der Waals surface area contributed by atoms with Gasteiger partial charge in [0.05, 0.1) is 6.10 Å². The number of carboxylic acids is 1. The Labute approximate surface area is 139 Å². The van der Waals surface area contributed by atoms with E-state index in [4.69, 9.17) is 0 Å². The maximum absolute atomic E-state index is 11.9. The van der Waals surface area contributed by atoms with Gasteiger partial charge in [0.2, 0.25) is 0 Å². The standard InChI is InChI=1S/C20H30O3/c1-5-18(2)12-13-7-8-15-19(3,14(13)11-16(18)21)9-6-10-20(15,4)17(22)23/h5,12,14-16,21H,1,6-11H2,2-4H3,(H,22,23)/p-1/t14-,15-,16+,18+,19+,20-/m0/s1. The number of aliphatic hydroxyl groups is 1. The lowest BCUT2D eigenvalue weighted by atomic mass is 9.45. The Kier molecular flexibility index (Phi) is 3.79. The van der Waals surface area contributed by atoms with E-state index in [2.05, 4.69) is 19.6 Å². The fourth-order valence-electron chi connectivity index (χ4n) is 5.89. The summed E-state index contributed by atoms with van der Waals surface area (Å²) in [5, 5.41) is 22.5. The summed E-state index contributed by atoms with van der Waals surface area (Å²) in [5.74, 6) is -0.479. The number of carbonyl (C=O) groups is 1. The minimum Gasteiger partial charge on any atom is -0.550 e. The molecule has 2 fully saturated rings. The van der Waals surface area contributed by atoms with Crippen molar-refractivity contribution in [3.63, 3.8) is 0 Å². The molecule has 2 saturated carbocycles. The van der Waals surface area contributed by atoms with Crippen molar-refractivity contribution in [2.75, 3.05) is 0 Å². The van der Waals surface area contributed by atoms with E-state index < -0.39 is 17.5 Å². The highest BCUT2D eigenvalue weighted by Crippen LogP contribution is 2.63. The molecule has 0 aromatic rings. The fraction of sp³-hybridized carbons (Fsp3) is 0.750.